The Morgan fingerprint density at radius 2 is 1.43 bits per heavy atom. The van der Waals surface area contributed by atoms with E-state index in [1.54, 1.807) is 12.1 Å². The maximum absolute atomic E-state index is 12.7. The third-order valence-corrected chi connectivity index (χ3v) is 7.74. The van der Waals surface area contributed by atoms with Crippen LogP contribution in [0.25, 0.3) is 0 Å². The van der Waals surface area contributed by atoms with Gasteiger partial charge < -0.3 is 10.2 Å². The number of hydrogen-bond acceptors (Lipinski definition) is 4. The Bertz CT molecular complexity index is 1150. The maximum atomic E-state index is 12.7. The molecule has 0 saturated carbocycles. The fourth-order valence-corrected chi connectivity index (χ4v) is 5.27. The maximum Gasteiger partial charge on any atom is 0.238 e. The van der Waals surface area contributed by atoms with Gasteiger partial charge in [0.2, 0.25) is 15.9 Å². The number of amides is 1. The number of piperidine rings is 1. The zero-order valence-corrected chi connectivity index (χ0v) is 20.7. The summed E-state index contributed by atoms with van der Waals surface area (Å²) in [5.74, 6) is 0.430. The number of rotatable bonds is 9. The van der Waals surface area contributed by atoms with Crippen molar-refractivity contribution in [2.24, 2.45) is 11.1 Å². The van der Waals surface area contributed by atoms with Crippen LogP contribution in [0.3, 0.4) is 0 Å². The van der Waals surface area contributed by atoms with Gasteiger partial charge in [0.1, 0.15) is 0 Å². The van der Waals surface area contributed by atoms with E-state index in [1.165, 1.54) is 23.3 Å². The van der Waals surface area contributed by atoms with E-state index < -0.39 is 10.0 Å². The van der Waals surface area contributed by atoms with E-state index in [2.05, 4.69) is 70.9 Å². The van der Waals surface area contributed by atoms with Crippen LogP contribution in [0.4, 0.5) is 0 Å². The van der Waals surface area contributed by atoms with Crippen molar-refractivity contribution in [2.75, 3.05) is 19.6 Å². The van der Waals surface area contributed by atoms with E-state index in [4.69, 9.17) is 5.14 Å². The van der Waals surface area contributed by atoms with E-state index >= 15 is 0 Å². The van der Waals surface area contributed by atoms with Crippen LogP contribution in [0.15, 0.2) is 89.8 Å². The van der Waals surface area contributed by atoms with Crippen molar-refractivity contribution in [3.8, 4) is 0 Å². The predicted molar refractivity (Wildman–Crippen MR) is 138 cm³/mol. The minimum Gasteiger partial charge on any atom is -0.352 e. The van der Waals surface area contributed by atoms with Crippen LogP contribution in [0, 0.1) is 5.92 Å². The van der Waals surface area contributed by atoms with Crippen molar-refractivity contribution in [1.29, 1.82) is 0 Å². The van der Waals surface area contributed by atoms with Gasteiger partial charge in [-0.25, -0.2) is 13.6 Å². The van der Waals surface area contributed by atoms with Crippen molar-refractivity contribution >= 4 is 15.9 Å². The molecule has 0 bridgehead atoms. The van der Waals surface area contributed by atoms with Crippen molar-refractivity contribution in [1.82, 2.24) is 10.2 Å². The molecule has 1 heterocycles. The van der Waals surface area contributed by atoms with Crippen molar-refractivity contribution < 1.29 is 13.2 Å². The van der Waals surface area contributed by atoms with Gasteiger partial charge in [0.15, 0.2) is 0 Å². The van der Waals surface area contributed by atoms with Crippen molar-refractivity contribution in [2.45, 2.75) is 36.6 Å². The normalized spacial score (nSPS) is 15.3. The fraction of sp³-hybridized carbons (Fsp3) is 0.321. The van der Waals surface area contributed by atoms with E-state index in [0.717, 1.165) is 44.5 Å². The molecule has 0 radical (unpaired) electrons. The standard InChI is InChI=1S/C28H33N3O3S/c29-35(33,34)26-13-11-22(12-14-26)21-30-28(32)25-15-18-31(19-16-25)20-17-27(23-7-3-1-4-8-23)24-9-5-2-6-10-24/h1-14,25,27H,15-21H2,(H,30,32)(H2,29,33,34). The lowest BCUT2D eigenvalue weighted by Gasteiger charge is -2.32. The van der Waals surface area contributed by atoms with Gasteiger partial charge in [-0.05, 0) is 67.7 Å². The summed E-state index contributed by atoms with van der Waals surface area (Å²) in [6.45, 7) is 3.20. The molecule has 0 atom stereocenters. The zero-order chi connectivity index (χ0) is 24.7. The highest BCUT2D eigenvalue weighted by atomic mass is 32.2. The summed E-state index contributed by atoms with van der Waals surface area (Å²) in [7, 11) is -3.71. The highest BCUT2D eigenvalue weighted by Gasteiger charge is 2.25. The molecule has 35 heavy (non-hydrogen) atoms. The number of nitrogens with one attached hydrogen (secondary N) is 1. The van der Waals surface area contributed by atoms with Gasteiger partial charge in [0, 0.05) is 18.4 Å². The molecule has 6 nitrogen and oxygen atoms in total. The molecule has 1 fully saturated rings. The molecular weight excluding hydrogens is 458 g/mol. The van der Waals surface area contributed by atoms with Crippen LogP contribution in [0.1, 0.15) is 41.9 Å². The van der Waals surface area contributed by atoms with Gasteiger partial charge in [-0.3, -0.25) is 4.79 Å². The van der Waals surface area contributed by atoms with E-state index in [1.807, 2.05) is 0 Å². The quantitative estimate of drug-likeness (QED) is 0.475. The second-order valence-corrected chi connectivity index (χ2v) is 10.7. The summed E-state index contributed by atoms with van der Waals surface area (Å²) in [5.41, 5.74) is 3.52. The number of likely N-dealkylation sites (tertiary alicyclic amines) is 1. The molecule has 1 saturated heterocycles. The molecule has 3 aromatic rings. The van der Waals surface area contributed by atoms with Crippen LogP contribution in [0.2, 0.25) is 0 Å². The highest BCUT2D eigenvalue weighted by Crippen LogP contribution is 2.29. The first-order chi connectivity index (χ1) is 16.9. The van der Waals surface area contributed by atoms with Gasteiger partial charge in [-0.2, -0.15) is 0 Å². The minimum absolute atomic E-state index is 0.00832. The van der Waals surface area contributed by atoms with Gasteiger partial charge in [0.05, 0.1) is 4.90 Å². The number of primary sulfonamides is 1. The third kappa shape index (κ3) is 7.01. The van der Waals surface area contributed by atoms with Crippen LogP contribution in [-0.2, 0) is 21.4 Å². The number of nitrogens with two attached hydrogens (primary N) is 1. The first-order valence-corrected chi connectivity index (χ1v) is 13.7. The largest absolute Gasteiger partial charge is 0.352 e. The van der Waals surface area contributed by atoms with Crippen molar-refractivity contribution in [3.05, 3.63) is 102 Å². The number of carbonyl (C=O) groups excluding carboxylic acids is 1. The molecule has 184 valence electrons. The molecule has 0 spiro atoms. The Labute approximate surface area is 208 Å². The van der Waals surface area contributed by atoms with Crippen LogP contribution in [-0.4, -0.2) is 38.9 Å². The molecule has 1 aliphatic rings. The Hall–Kier alpha value is -3.00. The SMILES string of the molecule is NS(=O)(=O)c1ccc(CNC(=O)C2CCN(CCC(c3ccccc3)c3ccccc3)CC2)cc1. The predicted octanol–water partition coefficient (Wildman–Crippen LogP) is 3.88. The van der Waals surface area contributed by atoms with Crippen LogP contribution >= 0.6 is 0 Å². The molecule has 4 rings (SSSR count). The van der Waals surface area contributed by atoms with Gasteiger partial charge >= 0.3 is 0 Å². The average Bonchev–Trinajstić information content (AvgIpc) is 2.89. The first kappa shape index (κ1) is 25.1. The Kier molecular flexibility index (Phi) is 8.33. The molecule has 0 unspecified atom stereocenters. The summed E-state index contributed by atoms with van der Waals surface area (Å²) >= 11 is 0. The lowest BCUT2D eigenvalue weighted by molar-refractivity contribution is -0.126. The summed E-state index contributed by atoms with van der Waals surface area (Å²) in [6, 6.07) is 27.6. The Morgan fingerprint density at radius 3 is 1.94 bits per heavy atom. The Balaban J connectivity index is 1.25. The monoisotopic (exact) mass is 491 g/mol. The lowest BCUT2D eigenvalue weighted by atomic mass is 9.88. The zero-order valence-electron chi connectivity index (χ0n) is 19.8. The number of benzene rings is 3. The van der Waals surface area contributed by atoms with E-state index in [9.17, 15) is 13.2 Å². The van der Waals surface area contributed by atoms with Crippen LogP contribution in [0.5, 0.6) is 0 Å². The summed E-state index contributed by atoms with van der Waals surface area (Å²) in [6.07, 6.45) is 2.73. The molecule has 3 aromatic carbocycles. The fourth-order valence-electron chi connectivity index (χ4n) is 4.76. The minimum atomic E-state index is -3.71. The van der Waals surface area contributed by atoms with E-state index in [-0.39, 0.29) is 16.7 Å². The molecule has 7 heteroatoms. The van der Waals surface area contributed by atoms with E-state index in [0.29, 0.717) is 12.5 Å². The molecule has 1 amide bonds. The van der Waals surface area contributed by atoms with Crippen LogP contribution < -0.4 is 10.5 Å². The molecule has 1 aliphatic heterocycles. The van der Waals surface area contributed by atoms with Gasteiger partial charge in [-0.15, -0.1) is 0 Å². The highest BCUT2D eigenvalue weighted by molar-refractivity contribution is 7.89. The lowest BCUT2D eigenvalue weighted by Crippen LogP contribution is -2.40. The molecular formula is C28H33N3O3S. The average molecular weight is 492 g/mol. The van der Waals surface area contributed by atoms with Gasteiger partial charge in [-0.1, -0.05) is 72.8 Å². The Morgan fingerprint density at radius 1 is 0.886 bits per heavy atom. The number of hydrogen-bond donors (Lipinski definition) is 2. The summed E-state index contributed by atoms with van der Waals surface area (Å²) in [5, 5.41) is 8.13. The van der Waals surface area contributed by atoms with Crippen molar-refractivity contribution in [3.63, 3.8) is 0 Å². The third-order valence-electron chi connectivity index (χ3n) is 6.81. The first-order valence-electron chi connectivity index (χ1n) is 12.1. The molecule has 3 N–H and O–H groups in total. The molecule has 0 aromatic heterocycles. The second-order valence-electron chi connectivity index (χ2n) is 9.19. The number of carbonyl (C=O) groups is 1. The topological polar surface area (TPSA) is 92.5 Å². The summed E-state index contributed by atoms with van der Waals surface area (Å²) < 4.78 is 22.8. The summed E-state index contributed by atoms with van der Waals surface area (Å²) in [4.78, 5) is 15.2. The smallest absolute Gasteiger partial charge is 0.238 e. The molecule has 0 aliphatic carbocycles. The number of sulfonamides is 1. The van der Waals surface area contributed by atoms with Gasteiger partial charge in [0.25, 0.3) is 0 Å². The second kappa shape index (κ2) is 11.6. The number of nitrogens with zero attached hydrogens (tertiary/aromatic N) is 1.